The zero-order valence-corrected chi connectivity index (χ0v) is 12.7. The molecule has 0 saturated heterocycles. The molecule has 1 aliphatic rings. The Morgan fingerprint density at radius 1 is 1.28 bits per heavy atom. The molecule has 1 atom stereocenters. The summed E-state index contributed by atoms with van der Waals surface area (Å²) in [5.41, 5.74) is 1.44. The van der Waals surface area contributed by atoms with E-state index in [1.54, 1.807) is 5.57 Å². The van der Waals surface area contributed by atoms with Crippen LogP contribution >= 0.6 is 0 Å². The molecule has 0 amide bonds. The fraction of sp³-hybridized carbons (Fsp3) is 0.875. The van der Waals surface area contributed by atoms with Gasteiger partial charge in [0.25, 0.3) is 0 Å². The van der Waals surface area contributed by atoms with E-state index in [2.05, 4.69) is 32.2 Å². The average Bonchev–Trinajstić information content (AvgIpc) is 2.31. The minimum Gasteiger partial charge on any atom is -0.377 e. The summed E-state index contributed by atoms with van der Waals surface area (Å²) < 4.78 is 5.72. The molecule has 0 aromatic carbocycles. The van der Waals surface area contributed by atoms with Crippen molar-refractivity contribution in [2.24, 2.45) is 0 Å². The number of methoxy groups -OCH3 is 1. The van der Waals surface area contributed by atoms with Gasteiger partial charge in [0.1, 0.15) is 0 Å². The Hall–Kier alpha value is -0.340. The lowest BCUT2D eigenvalue weighted by molar-refractivity contribution is -0.000969. The van der Waals surface area contributed by atoms with Crippen molar-refractivity contribution in [2.75, 3.05) is 13.7 Å². The molecular weight excluding hydrogens is 222 g/mol. The van der Waals surface area contributed by atoms with E-state index in [1.165, 1.54) is 44.9 Å². The first kappa shape index (κ1) is 15.7. The van der Waals surface area contributed by atoms with Crippen molar-refractivity contribution >= 4 is 0 Å². The van der Waals surface area contributed by atoms with Crippen LogP contribution in [0.25, 0.3) is 0 Å². The van der Waals surface area contributed by atoms with Gasteiger partial charge in [-0.05, 0) is 52.5 Å². The van der Waals surface area contributed by atoms with E-state index in [4.69, 9.17) is 4.74 Å². The molecule has 106 valence electrons. The number of nitrogens with one attached hydrogen (secondary N) is 1. The standard InChI is InChI=1S/C16H31NO/c1-5-13-17-15(16(2,3)18-4)14-11-9-7-6-8-10-12-14/h11,15,17H,5-10,12-13H2,1-4H3. The van der Waals surface area contributed by atoms with Crippen LogP contribution in [0.1, 0.15) is 65.7 Å². The quantitative estimate of drug-likeness (QED) is 0.721. The second kappa shape index (κ2) is 7.96. The third kappa shape index (κ3) is 4.74. The predicted octanol–water partition coefficient (Wildman–Crippen LogP) is 4.06. The van der Waals surface area contributed by atoms with Gasteiger partial charge in [0.2, 0.25) is 0 Å². The molecule has 0 bridgehead atoms. The van der Waals surface area contributed by atoms with E-state index in [0.717, 1.165) is 6.54 Å². The Kier molecular flexibility index (Phi) is 6.95. The maximum Gasteiger partial charge on any atom is 0.0813 e. The Morgan fingerprint density at radius 3 is 2.67 bits per heavy atom. The molecule has 1 rings (SSSR count). The third-order valence-electron chi connectivity index (χ3n) is 4.02. The van der Waals surface area contributed by atoms with Crippen LogP contribution in [0, 0.1) is 0 Å². The molecule has 0 aromatic heterocycles. The molecule has 0 radical (unpaired) electrons. The molecule has 0 aliphatic heterocycles. The Labute approximate surface area is 113 Å². The molecule has 1 unspecified atom stereocenters. The largest absolute Gasteiger partial charge is 0.377 e. The highest BCUT2D eigenvalue weighted by atomic mass is 16.5. The summed E-state index contributed by atoms with van der Waals surface area (Å²) in [6.45, 7) is 7.67. The molecule has 0 heterocycles. The van der Waals surface area contributed by atoms with Crippen LogP contribution in [0.4, 0.5) is 0 Å². The van der Waals surface area contributed by atoms with E-state index < -0.39 is 0 Å². The zero-order valence-electron chi connectivity index (χ0n) is 12.7. The van der Waals surface area contributed by atoms with Gasteiger partial charge in [-0.1, -0.05) is 31.4 Å². The van der Waals surface area contributed by atoms with E-state index >= 15 is 0 Å². The Morgan fingerprint density at radius 2 is 2.00 bits per heavy atom. The summed E-state index contributed by atoms with van der Waals surface area (Å²) >= 11 is 0. The van der Waals surface area contributed by atoms with Crippen molar-refractivity contribution in [2.45, 2.75) is 77.4 Å². The van der Waals surface area contributed by atoms with Gasteiger partial charge >= 0.3 is 0 Å². The number of rotatable bonds is 6. The van der Waals surface area contributed by atoms with Crippen molar-refractivity contribution in [3.05, 3.63) is 11.6 Å². The van der Waals surface area contributed by atoms with Crippen LogP contribution in [-0.4, -0.2) is 25.3 Å². The fourth-order valence-corrected chi connectivity index (χ4v) is 2.71. The van der Waals surface area contributed by atoms with Crippen molar-refractivity contribution in [1.82, 2.24) is 5.32 Å². The van der Waals surface area contributed by atoms with E-state index in [0.29, 0.717) is 6.04 Å². The average molecular weight is 253 g/mol. The van der Waals surface area contributed by atoms with Gasteiger partial charge in [0.05, 0.1) is 11.6 Å². The summed E-state index contributed by atoms with van der Waals surface area (Å²) in [5.74, 6) is 0. The first-order valence-electron chi connectivity index (χ1n) is 7.59. The summed E-state index contributed by atoms with van der Waals surface area (Å²) in [5, 5.41) is 3.69. The smallest absolute Gasteiger partial charge is 0.0813 e. The van der Waals surface area contributed by atoms with Gasteiger partial charge in [-0.2, -0.15) is 0 Å². The van der Waals surface area contributed by atoms with Crippen LogP contribution in [0.2, 0.25) is 0 Å². The molecular formula is C16H31NO. The normalized spacial score (nSPS) is 19.9. The van der Waals surface area contributed by atoms with Gasteiger partial charge in [0.15, 0.2) is 0 Å². The van der Waals surface area contributed by atoms with E-state index in [-0.39, 0.29) is 5.60 Å². The predicted molar refractivity (Wildman–Crippen MR) is 79.0 cm³/mol. The maximum absolute atomic E-state index is 5.72. The molecule has 18 heavy (non-hydrogen) atoms. The molecule has 0 saturated carbocycles. The number of hydrogen-bond donors (Lipinski definition) is 1. The highest BCUT2D eigenvalue weighted by Crippen LogP contribution is 2.27. The highest BCUT2D eigenvalue weighted by Gasteiger charge is 2.31. The maximum atomic E-state index is 5.72. The first-order chi connectivity index (χ1) is 8.61. The van der Waals surface area contributed by atoms with E-state index in [1.807, 2.05) is 7.11 Å². The summed E-state index contributed by atoms with van der Waals surface area (Å²) in [4.78, 5) is 0. The van der Waals surface area contributed by atoms with Crippen molar-refractivity contribution in [1.29, 1.82) is 0 Å². The summed E-state index contributed by atoms with van der Waals surface area (Å²) in [6, 6.07) is 0.362. The second-order valence-corrected chi connectivity index (χ2v) is 5.93. The molecule has 1 aliphatic carbocycles. The third-order valence-corrected chi connectivity index (χ3v) is 4.02. The summed E-state index contributed by atoms with van der Waals surface area (Å²) in [6.07, 6.45) is 11.5. The molecule has 0 fully saturated rings. The molecule has 2 heteroatoms. The lowest BCUT2D eigenvalue weighted by Crippen LogP contribution is -2.49. The number of hydrogen-bond acceptors (Lipinski definition) is 2. The number of allylic oxidation sites excluding steroid dienone is 1. The van der Waals surface area contributed by atoms with Gasteiger partial charge in [-0.3, -0.25) is 0 Å². The summed E-state index contributed by atoms with van der Waals surface area (Å²) in [7, 11) is 1.82. The lowest BCUT2D eigenvalue weighted by Gasteiger charge is -2.36. The molecule has 2 nitrogen and oxygen atoms in total. The van der Waals surface area contributed by atoms with Gasteiger partial charge in [-0.15, -0.1) is 0 Å². The van der Waals surface area contributed by atoms with E-state index in [9.17, 15) is 0 Å². The first-order valence-corrected chi connectivity index (χ1v) is 7.59. The molecule has 0 aromatic rings. The van der Waals surface area contributed by atoms with Crippen molar-refractivity contribution in [3.63, 3.8) is 0 Å². The molecule has 1 N–H and O–H groups in total. The number of ether oxygens (including phenoxy) is 1. The topological polar surface area (TPSA) is 21.3 Å². The highest BCUT2D eigenvalue weighted by molar-refractivity contribution is 5.17. The van der Waals surface area contributed by atoms with Crippen LogP contribution in [0.3, 0.4) is 0 Å². The lowest BCUT2D eigenvalue weighted by atomic mass is 9.86. The Balaban J connectivity index is 2.78. The van der Waals surface area contributed by atoms with Crippen LogP contribution in [-0.2, 0) is 4.74 Å². The monoisotopic (exact) mass is 253 g/mol. The minimum atomic E-state index is -0.125. The second-order valence-electron chi connectivity index (χ2n) is 5.93. The van der Waals surface area contributed by atoms with Crippen molar-refractivity contribution < 1.29 is 4.74 Å². The van der Waals surface area contributed by atoms with Crippen LogP contribution in [0.15, 0.2) is 11.6 Å². The van der Waals surface area contributed by atoms with Gasteiger partial charge in [-0.25, -0.2) is 0 Å². The fourth-order valence-electron chi connectivity index (χ4n) is 2.71. The Bertz CT molecular complexity index is 258. The molecule has 0 spiro atoms. The SMILES string of the molecule is CCCNC(C1=CCCCCCC1)C(C)(C)OC. The van der Waals surface area contributed by atoms with Crippen LogP contribution in [0.5, 0.6) is 0 Å². The van der Waals surface area contributed by atoms with Crippen LogP contribution < -0.4 is 5.32 Å². The minimum absolute atomic E-state index is 0.125. The van der Waals surface area contributed by atoms with Gasteiger partial charge < -0.3 is 10.1 Å². The van der Waals surface area contributed by atoms with Gasteiger partial charge in [0, 0.05) is 7.11 Å². The van der Waals surface area contributed by atoms with Crippen molar-refractivity contribution in [3.8, 4) is 0 Å². The zero-order chi connectivity index (χ0) is 13.4.